The predicted octanol–water partition coefficient (Wildman–Crippen LogP) is 3.42. The highest BCUT2D eigenvalue weighted by molar-refractivity contribution is 5.90. The van der Waals surface area contributed by atoms with Gasteiger partial charge in [0.25, 0.3) is 0 Å². The van der Waals surface area contributed by atoms with Crippen LogP contribution in [0.1, 0.15) is 24.8 Å². The molecule has 82 valence electrons. The zero-order valence-corrected chi connectivity index (χ0v) is 9.18. The van der Waals surface area contributed by atoms with E-state index in [1.54, 1.807) is 0 Å². The molecule has 1 N–H and O–H groups in total. The molecule has 0 bridgehead atoms. The molecule has 0 aliphatic rings. The highest BCUT2D eigenvalue weighted by Crippen LogP contribution is 2.27. The van der Waals surface area contributed by atoms with E-state index >= 15 is 0 Å². The molecule has 2 aromatic carbocycles. The second-order valence-electron chi connectivity index (χ2n) is 3.87. The molecule has 0 spiro atoms. The molecule has 0 aliphatic carbocycles. The Hall–Kier alpha value is -1.83. The lowest BCUT2D eigenvalue weighted by molar-refractivity contribution is -0.138. The van der Waals surface area contributed by atoms with Crippen molar-refractivity contribution in [1.29, 1.82) is 0 Å². The van der Waals surface area contributed by atoms with Crippen LogP contribution in [-0.4, -0.2) is 11.1 Å². The van der Waals surface area contributed by atoms with Gasteiger partial charge >= 0.3 is 5.97 Å². The molecule has 0 fully saturated rings. The van der Waals surface area contributed by atoms with Gasteiger partial charge in [-0.25, -0.2) is 0 Å². The fourth-order valence-corrected chi connectivity index (χ4v) is 2.08. The number of fused-ring (bicyclic) bond motifs is 1. The lowest BCUT2D eigenvalue weighted by atomic mass is 9.92. The number of carboxylic acids is 1. The summed E-state index contributed by atoms with van der Waals surface area (Å²) in [6.07, 6.45) is 0.614. The Kier molecular flexibility index (Phi) is 2.91. The molecule has 0 saturated carbocycles. The molecular weight excluding hydrogens is 200 g/mol. The number of hydrogen-bond donors (Lipinski definition) is 1. The molecule has 0 saturated heterocycles. The van der Waals surface area contributed by atoms with Gasteiger partial charge in [-0.15, -0.1) is 0 Å². The monoisotopic (exact) mass is 214 g/mol. The van der Waals surface area contributed by atoms with Crippen molar-refractivity contribution in [1.82, 2.24) is 0 Å². The molecule has 2 heteroatoms. The van der Waals surface area contributed by atoms with Gasteiger partial charge in [0.2, 0.25) is 0 Å². The fourth-order valence-electron chi connectivity index (χ4n) is 2.08. The van der Waals surface area contributed by atoms with Gasteiger partial charge in [-0.3, -0.25) is 4.79 Å². The summed E-state index contributed by atoms with van der Waals surface area (Å²) in [7, 11) is 0. The van der Waals surface area contributed by atoms with Crippen LogP contribution < -0.4 is 0 Å². The summed E-state index contributed by atoms with van der Waals surface area (Å²) in [5, 5.41) is 11.3. The predicted molar refractivity (Wildman–Crippen MR) is 64.6 cm³/mol. The summed E-state index contributed by atoms with van der Waals surface area (Å²) in [5.41, 5.74) is 0.910. The normalized spacial score (nSPS) is 12.6. The van der Waals surface area contributed by atoms with Gasteiger partial charge in [-0.2, -0.15) is 0 Å². The van der Waals surface area contributed by atoms with E-state index in [-0.39, 0.29) is 0 Å². The van der Waals surface area contributed by atoms with Crippen molar-refractivity contribution in [2.24, 2.45) is 0 Å². The zero-order chi connectivity index (χ0) is 11.5. The number of carbonyl (C=O) groups is 1. The maximum Gasteiger partial charge on any atom is 0.310 e. The fraction of sp³-hybridized carbons (Fsp3) is 0.214. The minimum atomic E-state index is -0.751. The van der Waals surface area contributed by atoms with Gasteiger partial charge < -0.3 is 5.11 Å². The quantitative estimate of drug-likeness (QED) is 0.850. The molecular formula is C14H14O2. The largest absolute Gasteiger partial charge is 0.481 e. The third-order valence-corrected chi connectivity index (χ3v) is 2.91. The second kappa shape index (κ2) is 4.35. The van der Waals surface area contributed by atoms with Crippen LogP contribution in [0.2, 0.25) is 0 Å². The summed E-state index contributed by atoms with van der Waals surface area (Å²) in [6, 6.07) is 13.7. The van der Waals surface area contributed by atoms with Crippen LogP contribution in [0.3, 0.4) is 0 Å². The topological polar surface area (TPSA) is 37.3 Å². The number of aliphatic carboxylic acids is 1. The van der Waals surface area contributed by atoms with Crippen molar-refractivity contribution in [3.05, 3.63) is 48.0 Å². The van der Waals surface area contributed by atoms with E-state index < -0.39 is 11.9 Å². The van der Waals surface area contributed by atoms with E-state index in [4.69, 9.17) is 0 Å². The lowest BCUT2D eigenvalue weighted by Gasteiger charge is -2.12. The first kappa shape index (κ1) is 10.7. The third kappa shape index (κ3) is 1.78. The number of carboxylic acid groups (broad SMARTS) is 1. The van der Waals surface area contributed by atoms with Crippen LogP contribution in [0, 0.1) is 0 Å². The lowest BCUT2D eigenvalue weighted by Crippen LogP contribution is -2.10. The van der Waals surface area contributed by atoms with Gasteiger partial charge in [0.15, 0.2) is 0 Å². The number of hydrogen-bond acceptors (Lipinski definition) is 1. The molecule has 0 radical (unpaired) electrons. The Balaban J connectivity index is 2.63. The minimum Gasteiger partial charge on any atom is -0.481 e. The molecule has 0 amide bonds. The Morgan fingerprint density at radius 2 is 1.88 bits per heavy atom. The first-order valence-electron chi connectivity index (χ1n) is 5.44. The van der Waals surface area contributed by atoms with E-state index in [9.17, 15) is 9.90 Å². The van der Waals surface area contributed by atoms with Gasteiger partial charge in [0, 0.05) is 0 Å². The summed E-state index contributed by atoms with van der Waals surface area (Å²) in [6.45, 7) is 1.90. The Morgan fingerprint density at radius 1 is 1.19 bits per heavy atom. The van der Waals surface area contributed by atoms with Crippen molar-refractivity contribution in [3.63, 3.8) is 0 Å². The summed E-state index contributed by atoms with van der Waals surface area (Å²) < 4.78 is 0. The van der Waals surface area contributed by atoms with Crippen molar-refractivity contribution in [2.45, 2.75) is 19.3 Å². The molecule has 1 atom stereocenters. The first-order chi connectivity index (χ1) is 7.74. The van der Waals surface area contributed by atoms with Crippen LogP contribution in [-0.2, 0) is 4.79 Å². The van der Waals surface area contributed by atoms with Crippen LogP contribution in [0.5, 0.6) is 0 Å². The van der Waals surface area contributed by atoms with Crippen LogP contribution in [0.25, 0.3) is 10.8 Å². The van der Waals surface area contributed by atoms with E-state index in [1.807, 2.05) is 49.4 Å². The Bertz CT molecular complexity index is 512. The molecule has 0 aliphatic heterocycles. The zero-order valence-electron chi connectivity index (χ0n) is 9.18. The van der Waals surface area contributed by atoms with E-state index in [0.29, 0.717) is 6.42 Å². The molecule has 2 rings (SSSR count). The molecule has 2 aromatic rings. The SMILES string of the molecule is CC[C@H](C(=O)O)c1cccc2ccccc12. The van der Waals surface area contributed by atoms with E-state index in [1.165, 1.54) is 0 Å². The standard InChI is InChI=1S/C14H14O2/c1-2-11(14(15)16)13-9-5-7-10-6-3-4-8-12(10)13/h3-9,11H,2H2,1H3,(H,15,16)/t11-/m0/s1. The first-order valence-corrected chi connectivity index (χ1v) is 5.44. The van der Waals surface area contributed by atoms with Crippen molar-refractivity contribution < 1.29 is 9.90 Å². The van der Waals surface area contributed by atoms with Crippen molar-refractivity contribution in [3.8, 4) is 0 Å². The third-order valence-electron chi connectivity index (χ3n) is 2.91. The van der Waals surface area contributed by atoms with Gasteiger partial charge in [-0.1, -0.05) is 49.4 Å². The molecule has 2 nitrogen and oxygen atoms in total. The Morgan fingerprint density at radius 3 is 2.56 bits per heavy atom. The average molecular weight is 214 g/mol. The maximum absolute atomic E-state index is 11.2. The van der Waals surface area contributed by atoms with Gasteiger partial charge in [0.1, 0.15) is 0 Å². The van der Waals surface area contributed by atoms with Crippen LogP contribution in [0.4, 0.5) is 0 Å². The highest BCUT2D eigenvalue weighted by atomic mass is 16.4. The molecule has 0 aromatic heterocycles. The maximum atomic E-state index is 11.2. The highest BCUT2D eigenvalue weighted by Gasteiger charge is 2.19. The Labute approximate surface area is 94.5 Å². The van der Waals surface area contributed by atoms with Crippen LogP contribution in [0.15, 0.2) is 42.5 Å². The number of rotatable bonds is 3. The minimum absolute atomic E-state index is 0.411. The second-order valence-corrected chi connectivity index (χ2v) is 3.87. The van der Waals surface area contributed by atoms with Crippen LogP contribution >= 0.6 is 0 Å². The summed E-state index contributed by atoms with van der Waals surface area (Å²) in [5.74, 6) is -1.16. The van der Waals surface area contributed by atoms with E-state index in [0.717, 1.165) is 16.3 Å². The molecule has 0 heterocycles. The molecule has 16 heavy (non-hydrogen) atoms. The number of benzene rings is 2. The average Bonchev–Trinajstić information content (AvgIpc) is 2.30. The van der Waals surface area contributed by atoms with Gasteiger partial charge in [-0.05, 0) is 22.8 Å². The summed E-state index contributed by atoms with van der Waals surface area (Å²) >= 11 is 0. The van der Waals surface area contributed by atoms with Gasteiger partial charge in [0.05, 0.1) is 5.92 Å². The van der Waals surface area contributed by atoms with Crippen molar-refractivity contribution in [2.75, 3.05) is 0 Å². The summed E-state index contributed by atoms with van der Waals surface area (Å²) in [4.78, 5) is 11.2. The smallest absolute Gasteiger partial charge is 0.310 e. The van der Waals surface area contributed by atoms with Crippen molar-refractivity contribution >= 4 is 16.7 Å². The molecule has 0 unspecified atom stereocenters. The van der Waals surface area contributed by atoms with E-state index in [2.05, 4.69) is 0 Å².